The first kappa shape index (κ1) is 12.2. The highest BCUT2D eigenvalue weighted by atomic mass is 32.2. The van der Waals surface area contributed by atoms with Gasteiger partial charge in [-0.3, -0.25) is 0 Å². The van der Waals surface area contributed by atoms with Gasteiger partial charge in [-0.1, -0.05) is 5.16 Å². The predicted octanol–water partition coefficient (Wildman–Crippen LogP) is -1.09. The number of nitrogens with two attached hydrogens (primary N) is 1. The Morgan fingerprint density at radius 3 is 2.87 bits per heavy atom. The summed E-state index contributed by atoms with van der Waals surface area (Å²) < 4.78 is 26.5. The lowest BCUT2D eigenvalue weighted by Crippen LogP contribution is -2.47. The zero-order valence-electron chi connectivity index (χ0n) is 8.55. The van der Waals surface area contributed by atoms with Gasteiger partial charge in [0, 0.05) is 26.1 Å². The van der Waals surface area contributed by atoms with Crippen molar-refractivity contribution in [3.05, 3.63) is 0 Å². The summed E-state index contributed by atoms with van der Waals surface area (Å²) in [6, 6.07) is 0. The summed E-state index contributed by atoms with van der Waals surface area (Å²) in [4.78, 5) is 0. The van der Waals surface area contributed by atoms with Gasteiger partial charge in [-0.05, 0) is 12.8 Å². The van der Waals surface area contributed by atoms with Crippen LogP contribution in [0.5, 0.6) is 0 Å². The van der Waals surface area contributed by atoms with E-state index in [9.17, 15) is 8.42 Å². The van der Waals surface area contributed by atoms with E-state index in [0.29, 0.717) is 13.0 Å². The lowest BCUT2D eigenvalue weighted by atomic mass is 9.99. The van der Waals surface area contributed by atoms with Crippen molar-refractivity contribution in [2.75, 3.05) is 20.1 Å². The fraction of sp³-hybridized carbons (Fsp3) is 0.857. The van der Waals surface area contributed by atoms with Crippen LogP contribution in [0.15, 0.2) is 5.16 Å². The van der Waals surface area contributed by atoms with E-state index >= 15 is 0 Å². The van der Waals surface area contributed by atoms with Gasteiger partial charge in [-0.15, -0.1) is 0 Å². The Balaban J connectivity index is 2.73. The number of amidine groups is 1. The number of rotatable bonds is 3. The maximum absolute atomic E-state index is 11.5. The fourth-order valence-electron chi connectivity index (χ4n) is 1.61. The highest BCUT2D eigenvalue weighted by Gasteiger charge is 2.29. The lowest BCUT2D eigenvalue weighted by molar-refractivity contribution is 0.286. The zero-order chi connectivity index (χ0) is 11.5. The van der Waals surface area contributed by atoms with Crippen molar-refractivity contribution in [2.45, 2.75) is 12.8 Å². The molecule has 1 saturated heterocycles. The van der Waals surface area contributed by atoms with E-state index in [-0.39, 0.29) is 18.3 Å². The van der Waals surface area contributed by atoms with E-state index in [0.717, 1.165) is 6.42 Å². The molecule has 15 heavy (non-hydrogen) atoms. The lowest BCUT2D eigenvalue weighted by Gasteiger charge is -2.30. The molecule has 88 valence electrons. The van der Waals surface area contributed by atoms with Crippen LogP contribution in [0.1, 0.15) is 12.8 Å². The molecule has 8 heteroatoms. The minimum absolute atomic E-state index is 0.0889. The van der Waals surface area contributed by atoms with Crippen LogP contribution in [0.4, 0.5) is 0 Å². The van der Waals surface area contributed by atoms with Gasteiger partial charge >= 0.3 is 0 Å². The predicted molar refractivity (Wildman–Crippen MR) is 55.7 cm³/mol. The molecule has 0 aromatic carbocycles. The minimum atomic E-state index is -3.40. The molecule has 7 nitrogen and oxygen atoms in total. The van der Waals surface area contributed by atoms with Gasteiger partial charge in [-0.2, -0.15) is 12.7 Å². The summed E-state index contributed by atoms with van der Waals surface area (Å²) in [6.07, 6.45) is 1.45. The SMILES string of the molecule is CNS(=O)(=O)N1CCCC(C(N)=NO)C1. The molecular formula is C7H16N4O3S. The normalized spacial score (nSPS) is 25.4. The minimum Gasteiger partial charge on any atom is -0.409 e. The Bertz CT molecular complexity index is 340. The number of oxime groups is 1. The van der Waals surface area contributed by atoms with Crippen LogP contribution < -0.4 is 10.5 Å². The Kier molecular flexibility index (Phi) is 3.89. The number of hydrogen-bond donors (Lipinski definition) is 3. The third-order valence-corrected chi connectivity index (χ3v) is 4.04. The molecule has 0 aromatic rings. The van der Waals surface area contributed by atoms with Gasteiger partial charge in [0.25, 0.3) is 10.2 Å². The molecule has 0 aromatic heterocycles. The van der Waals surface area contributed by atoms with Crippen LogP contribution in [0, 0.1) is 5.92 Å². The van der Waals surface area contributed by atoms with Gasteiger partial charge in [0.1, 0.15) is 5.84 Å². The monoisotopic (exact) mass is 236 g/mol. The Morgan fingerprint density at radius 2 is 2.33 bits per heavy atom. The fourth-order valence-corrected chi connectivity index (χ4v) is 2.62. The summed E-state index contributed by atoms with van der Waals surface area (Å²) in [5.41, 5.74) is 5.45. The van der Waals surface area contributed by atoms with E-state index in [4.69, 9.17) is 10.9 Å². The third kappa shape index (κ3) is 2.80. The van der Waals surface area contributed by atoms with Crippen LogP contribution in [0.25, 0.3) is 0 Å². The number of piperidine rings is 1. The number of nitrogens with zero attached hydrogens (tertiary/aromatic N) is 2. The maximum atomic E-state index is 11.5. The molecule has 1 aliphatic heterocycles. The molecule has 1 unspecified atom stereocenters. The first-order valence-corrected chi connectivity index (χ1v) is 6.11. The van der Waals surface area contributed by atoms with Crippen molar-refractivity contribution in [3.8, 4) is 0 Å². The molecule has 1 heterocycles. The smallest absolute Gasteiger partial charge is 0.279 e. The van der Waals surface area contributed by atoms with Crippen molar-refractivity contribution in [1.82, 2.24) is 9.03 Å². The first-order chi connectivity index (χ1) is 7.01. The van der Waals surface area contributed by atoms with Crippen molar-refractivity contribution in [3.63, 3.8) is 0 Å². The van der Waals surface area contributed by atoms with Gasteiger partial charge in [0.05, 0.1) is 0 Å². The largest absolute Gasteiger partial charge is 0.409 e. The van der Waals surface area contributed by atoms with Crippen LogP contribution in [0.3, 0.4) is 0 Å². The number of hydrogen-bond acceptors (Lipinski definition) is 4. The number of nitrogens with one attached hydrogen (secondary N) is 1. The Morgan fingerprint density at radius 1 is 1.67 bits per heavy atom. The summed E-state index contributed by atoms with van der Waals surface area (Å²) in [6.45, 7) is 0.734. The molecule has 1 rings (SSSR count). The summed E-state index contributed by atoms with van der Waals surface area (Å²) in [5, 5.41) is 11.4. The maximum Gasteiger partial charge on any atom is 0.279 e. The third-order valence-electron chi connectivity index (χ3n) is 2.52. The zero-order valence-corrected chi connectivity index (χ0v) is 9.37. The summed E-state index contributed by atoms with van der Waals surface area (Å²) >= 11 is 0. The van der Waals surface area contributed by atoms with Gasteiger partial charge in [-0.25, -0.2) is 4.72 Å². The second-order valence-electron chi connectivity index (χ2n) is 3.43. The van der Waals surface area contributed by atoms with Crippen LogP contribution >= 0.6 is 0 Å². The quantitative estimate of drug-likeness (QED) is 0.250. The first-order valence-electron chi connectivity index (χ1n) is 4.67. The topological polar surface area (TPSA) is 108 Å². The highest BCUT2D eigenvalue weighted by Crippen LogP contribution is 2.18. The molecule has 0 bridgehead atoms. The van der Waals surface area contributed by atoms with Crippen molar-refractivity contribution in [2.24, 2.45) is 16.8 Å². The standard InChI is InChI=1S/C7H16N4O3S/c1-9-15(13,14)11-4-2-3-6(5-11)7(8)10-12/h6,9,12H,2-5H2,1H3,(H2,8,10). The molecule has 0 radical (unpaired) electrons. The van der Waals surface area contributed by atoms with Crippen molar-refractivity contribution in [1.29, 1.82) is 0 Å². The second kappa shape index (κ2) is 4.77. The van der Waals surface area contributed by atoms with E-state index in [1.165, 1.54) is 11.4 Å². The highest BCUT2D eigenvalue weighted by molar-refractivity contribution is 7.87. The summed E-state index contributed by atoms with van der Waals surface area (Å²) in [5.74, 6) is -0.113. The van der Waals surface area contributed by atoms with Crippen LogP contribution in [0.2, 0.25) is 0 Å². The molecule has 1 aliphatic rings. The van der Waals surface area contributed by atoms with Gasteiger partial charge < -0.3 is 10.9 Å². The van der Waals surface area contributed by atoms with Gasteiger partial charge in [0.2, 0.25) is 0 Å². The van der Waals surface area contributed by atoms with E-state index in [1.807, 2.05) is 0 Å². The molecule has 4 N–H and O–H groups in total. The molecule has 0 aliphatic carbocycles. The molecule has 1 fully saturated rings. The summed E-state index contributed by atoms with van der Waals surface area (Å²) in [7, 11) is -2.04. The molecular weight excluding hydrogens is 220 g/mol. The average molecular weight is 236 g/mol. The second-order valence-corrected chi connectivity index (χ2v) is 5.31. The average Bonchev–Trinajstić information content (AvgIpc) is 2.28. The molecule has 0 saturated carbocycles. The molecule has 1 atom stereocenters. The van der Waals surface area contributed by atoms with E-state index in [1.54, 1.807) is 0 Å². The van der Waals surface area contributed by atoms with Crippen LogP contribution in [-0.4, -0.2) is 43.9 Å². The van der Waals surface area contributed by atoms with Crippen molar-refractivity contribution >= 4 is 16.0 Å². The molecule has 0 spiro atoms. The van der Waals surface area contributed by atoms with Gasteiger partial charge in [0.15, 0.2) is 0 Å². The van der Waals surface area contributed by atoms with Crippen molar-refractivity contribution < 1.29 is 13.6 Å². The van der Waals surface area contributed by atoms with Crippen LogP contribution in [-0.2, 0) is 10.2 Å². The Hall–Kier alpha value is -0.860. The Labute approximate surface area is 89.1 Å². The van der Waals surface area contributed by atoms with E-state index < -0.39 is 10.2 Å². The molecule has 0 amide bonds. The van der Waals surface area contributed by atoms with E-state index in [2.05, 4.69) is 9.88 Å².